The Labute approximate surface area is 140 Å². The first-order valence-corrected chi connectivity index (χ1v) is 8.09. The molecule has 106 valence electrons. The molecule has 0 aliphatic rings. The molecule has 0 spiro atoms. The molecule has 1 atom stereocenters. The fourth-order valence-electron chi connectivity index (χ4n) is 1.82. The van der Waals surface area contributed by atoms with E-state index in [-0.39, 0.29) is 6.04 Å². The second-order valence-electron chi connectivity index (χ2n) is 4.61. The number of hydrogen-bond donors (Lipinski definition) is 1. The molecule has 0 bridgehead atoms. The first-order valence-electron chi connectivity index (χ1n) is 6.12. The second-order valence-corrected chi connectivity index (χ2v) is 6.85. The van der Waals surface area contributed by atoms with E-state index in [2.05, 4.69) is 31.9 Å². The van der Waals surface area contributed by atoms with Crippen LogP contribution in [0.25, 0.3) is 0 Å². The van der Waals surface area contributed by atoms with Crippen LogP contribution in [0.3, 0.4) is 0 Å². The molecule has 0 amide bonds. The fourth-order valence-corrected chi connectivity index (χ4v) is 2.87. The Morgan fingerprint density at radius 2 is 1.75 bits per heavy atom. The van der Waals surface area contributed by atoms with Crippen molar-refractivity contribution in [1.29, 1.82) is 0 Å². The smallest absolute Gasteiger partial charge is 0.146 e. The molecule has 0 radical (unpaired) electrons. The van der Waals surface area contributed by atoms with Gasteiger partial charge in [-0.05, 0) is 49.2 Å². The van der Waals surface area contributed by atoms with E-state index < -0.39 is 0 Å². The van der Waals surface area contributed by atoms with E-state index in [1.165, 1.54) is 0 Å². The number of hydrogen-bond acceptors (Lipinski definition) is 2. The standard InChI is InChI=1S/C15H14Br2ClNO/c1-9(19)6-10-2-3-12(17)8-15(10)20-14-5-4-11(16)7-13(14)18/h2-5,7-9H,6,19H2,1H3. The molecule has 0 aliphatic heterocycles. The lowest BCUT2D eigenvalue weighted by molar-refractivity contribution is 0.473. The molecule has 1 unspecified atom stereocenters. The van der Waals surface area contributed by atoms with Crippen LogP contribution in [0, 0.1) is 0 Å². The minimum absolute atomic E-state index is 0.0684. The van der Waals surface area contributed by atoms with Gasteiger partial charge >= 0.3 is 0 Å². The van der Waals surface area contributed by atoms with Crippen LogP contribution < -0.4 is 10.5 Å². The Morgan fingerprint density at radius 1 is 1.10 bits per heavy atom. The Bertz CT molecular complexity index is 617. The van der Waals surface area contributed by atoms with Crippen molar-refractivity contribution in [3.8, 4) is 11.5 Å². The van der Waals surface area contributed by atoms with Crippen molar-refractivity contribution < 1.29 is 4.74 Å². The minimum atomic E-state index is 0.0684. The number of benzene rings is 2. The van der Waals surface area contributed by atoms with Gasteiger partial charge in [0.15, 0.2) is 0 Å². The highest BCUT2D eigenvalue weighted by Gasteiger charge is 2.10. The quantitative estimate of drug-likeness (QED) is 0.705. The predicted octanol–water partition coefficient (Wildman–Crippen LogP) is 5.55. The van der Waals surface area contributed by atoms with Gasteiger partial charge in [-0.25, -0.2) is 0 Å². The summed E-state index contributed by atoms with van der Waals surface area (Å²) < 4.78 is 7.81. The van der Waals surface area contributed by atoms with Crippen LogP contribution >= 0.6 is 43.5 Å². The van der Waals surface area contributed by atoms with Gasteiger partial charge in [-0.1, -0.05) is 49.5 Å². The van der Waals surface area contributed by atoms with E-state index in [1.807, 2.05) is 37.3 Å². The third-order valence-corrected chi connectivity index (χ3v) is 3.97. The van der Waals surface area contributed by atoms with Crippen molar-refractivity contribution >= 4 is 43.5 Å². The first-order chi connectivity index (χ1) is 9.45. The molecule has 2 N–H and O–H groups in total. The van der Waals surface area contributed by atoms with Crippen LogP contribution in [0.15, 0.2) is 45.3 Å². The van der Waals surface area contributed by atoms with Crippen LogP contribution in [0.5, 0.6) is 11.5 Å². The zero-order chi connectivity index (χ0) is 14.7. The Kier molecular flexibility index (Phi) is 5.49. The molecule has 0 saturated heterocycles. The van der Waals surface area contributed by atoms with E-state index in [1.54, 1.807) is 6.07 Å². The molecule has 0 saturated carbocycles. The van der Waals surface area contributed by atoms with Crippen molar-refractivity contribution in [2.75, 3.05) is 0 Å². The Morgan fingerprint density at radius 3 is 2.40 bits per heavy atom. The van der Waals surface area contributed by atoms with Crippen molar-refractivity contribution in [3.05, 3.63) is 55.9 Å². The van der Waals surface area contributed by atoms with Gasteiger partial charge in [0.05, 0.1) is 5.02 Å². The van der Waals surface area contributed by atoms with Crippen LogP contribution in [-0.2, 0) is 6.42 Å². The van der Waals surface area contributed by atoms with Crippen LogP contribution in [-0.4, -0.2) is 6.04 Å². The van der Waals surface area contributed by atoms with Crippen LogP contribution in [0.2, 0.25) is 5.02 Å². The number of rotatable bonds is 4. The summed E-state index contributed by atoms with van der Waals surface area (Å²) in [6.45, 7) is 1.97. The van der Waals surface area contributed by atoms with Gasteiger partial charge in [0.25, 0.3) is 0 Å². The molecule has 20 heavy (non-hydrogen) atoms. The van der Waals surface area contributed by atoms with Crippen molar-refractivity contribution in [2.45, 2.75) is 19.4 Å². The van der Waals surface area contributed by atoms with E-state index in [9.17, 15) is 0 Å². The van der Waals surface area contributed by atoms with Gasteiger partial charge < -0.3 is 10.5 Å². The Hall–Kier alpha value is -0.550. The lowest BCUT2D eigenvalue weighted by Gasteiger charge is -2.14. The average Bonchev–Trinajstić information content (AvgIpc) is 2.35. The lowest BCUT2D eigenvalue weighted by atomic mass is 10.1. The topological polar surface area (TPSA) is 35.2 Å². The summed E-state index contributed by atoms with van der Waals surface area (Å²) in [6.07, 6.45) is 0.747. The highest BCUT2D eigenvalue weighted by Crippen LogP contribution is 2.34. The summed E-state index contributed by atoms with van der Waals surface area (Å²) in [5.74, 6) is 1.39. The van der Waals surface area contributed by atoms with E-state index >= 15 is 0 Å². The van der Waals surface area contributed by atoms with Gasteiger partial charge in [0, 0.05) is 15.0 Å². The lowest BCUT2D eigenvalue weighted by Crippen LogP contribution is -2.18. The van der Waals surface area contributed by atoms with E-state index in [0.29, 0.717) is 10.8 Å². The molecule has 0 fully saturated rings. The molecule has 2 nitrogen and oxygen atoms in total. The van der Waals surface area contributed by atoms with Crippen LogP contribution in [0.4, 0.5) is 0 Å². The van der Waals surface area contributed by atoms with Gasteiger partial charge in [0.1, 0.15) is 11.5 Å². The van der Waals surface area contributed by atoms with Crippen molar-refractivity contribution in [1.82, 2.24) is 0 Å². The molecule has 2 aromatic rings. The molecule has 0 aliphatic carbocycles. The second kappa shape index (κ2) is 6.94. The molecular formula is C15H14Br2ClNO. The van der Waals surface area contributed by atoms with Gasteiger partial charge in [-0.15, -0.1) is 0 Å². The largest absolute Gasteiger partial charge is 0.455 e. The maximum absolute atomic E-state index is 6.19. The van der Waals surface area contributed by atoms with Gasteiger partial charge in [-0.3, -0.25) is 0 Å². The first kappa shape index (κ1) is 15.8. The zero-order valence-electron chi connectivity index (χ0n) is 10.9. The number of nitrogens with two attached hydrogens (primary N) is 1. The molecule has 5 heteroatoms. The molecule has 0 aromatic heterocycles. The monoisotopic (exact) mass is 417 g/mol. The predicted molar refractivity (Wildman–Crippen MR) is 90.7 cm³/mol. The summed E-state index contributed by atoms with van der Waals surface area (Å²) in [6, 6.07) is 11.5. The van der Waals surface area contributed by atoms with Gasteiger partial charge in [0.2, 0.25) is 0 Å². The third-order valence-electron chi connectivity index (χ3n) is 2.68. The number of halogens is 3. The normalized spacial score (nSPS) is 12.2. The summed E-state index contributed by atoms with van der Waals surface area (Å²) in [5, 5.41) is 0.561. The highest BCUT2D eigenvalue weighted by atomic mass is 79.9. The molecular weight excluding hydrogens is 405 g/mol. The maximum atomic E-state index is 6.19. The SMILES string of the molecule is CC(N)Cc1ccc(Br)cc1Oc1ccc(Br)cc1Cl. The maximum Gasteiger partial charge on any atom is 0.146 e. The average molecular weight is 420 g/mol. The summed E-state index contributed by atoms with van der Waals surface area (Å²) >= 11 is 13.0. The van der Waals surface area contributed by atoms with Crippen molar-refractivity contribution in [3.63, 3.8) is 0 Å². The summed E-state index contributed by atoms with van der Waals surface area (Å²) in [4.78, 5) is 0. The van der Waals surface area contributed by atoms with Gasteiger partial charge in [-0.2, -0.15) is 0 Å². The number of ether oxygens (including phenoxy) is 1. The Balaban J connectivity index is 2.34. The summed E-state index contributed by atoms with van der Waals surface area (Å²) in [7, 11) is 0. The third kappa shape index (κ3) is 4.22. The van der Waals surface area contributed by atoms with Crippen LogP contribution in [0.1, 0.15) is 12.5 Å². The minimum Gasteiger partial charge on any atom is -0.455 e. The molecule has 2 rings (SSSR count). The fraction of sp³-hybridized carbons (Fsp3) is 0.200. The molecule has 2 aromatic carbocycles. The van der Waals surface area contributed by atoms with E-state index in [0.717, 1.165) is 26.7 Å². The van der Waals surface area contributed by atoms with Crippen molar-refractivity contribution in [2.24, 2.45) is 5.73 Å². The molecule has 0 heterocycles. The summed E-state index contributed by atoms with van der Waals surface area (Å²) in [5.41, 5.74) is 6.93. The van der Waals surface area contributed by atoms with E-state index in [4.69, 9.17) is 22.1 Å². The zero-order valence-corrected chi connectivity index (χ0v) is 14.8. The highest BCUT2D eigenvalue weighted by molar-refractivity contribution is 9.10.